The van der Waals surface area contributed by atoms with Crippen LogP contribution in [0.2, 0.25) is 0 Å². The maximum atomic E-state index is 5.73. The molecule has 0 aliphatic rings. The molecular weight excluding hydrogens is 266 g/mol. The summed E-state index contributed by atoms with van der Waals surface area (Å²) < 4.78 is 2.10. The predicted molar refractivity (Wildman–Crippen MR) is 84.8 cm³/mol. The van der Waals surface area contributed by atoms with E-state index in [1.807, 2.05) is 61.6 Å². The minimum absolute atomic E-state index is 0.779. The number of hydrogen-bond donors (Lipinski definition) is 1. The van der Waals surface area contributed by atoms with E-state index in [4.69, 9.17) is 5.73 Å². The highest BCUT2D eigenvalue weighted by atomic mass is 32.1. The average molecular weight is 281 g/mol. The molecule has 0 amide bonds. The Kier molecular flexibility index (Phi) is 3.39. The molecule has 0 fully saturated rings. The molecule has 0 spiro atoms. The Bertz CT molecular complexity index is 767. The Morgan fingerprint density at radius 3 is 2.40 bits per heavy atom. The van der Waals surface area contributed by atoms with Gasteiger partial charge in [0.15, 0.2) is 4.80 Å². The highest BCUT2D eigenvalue weighted by Crippen LogP contribution is 2.21. The maximum Gasteiger partial charge on any atom is 0.190 e. The van der Waals surface area contributed by atoms with Gasteiger partial charge in [0.25, 0.3) is 0 Å². The van der Waals surface area contributed by atoms with Gasteiger partial charge < -0.3 is 10.3 Å². The second kappa shape index (κ2) is 5.35. The van der Waals surface area contributed by atoms with Crippen LogP contribution in [-0.2, 0) is 7.05 Å². The van der Waals surface area contributed by atoms with Crippen molar-refractivity contribution in [1.29, 1.82) is 0 Å². The van der Waals surface area contributed by atoms with Gasteiger partial charge in [0.05, 0.1) is 11.4 Å². The lowest BCUT2D eigenvalue weighted by Crippen LogP contribution is -2.10. The fraction of sp³-hybridized carbons (Fsp3) is 0.0625. The van der Waals surface area contributed by atoms with Gasteiger partial charge in [-0.05, 0) is 29.8 Å². The van der Waals surface area contributed by atoms with Crippen molar-refractivity contribution < 1.29 is 0 Å². The molecular formula is C16H15N3S. The van der Waals surface area contributed by atoms with Crippen LogP contribution in [0.25, 0.3) is 11.3 Å². The van der Waals surface area contributed by atoms with Crippen LogP contribution in [0.15, 0.2) is 65.0 Å². The van der Waals surface area contributed by atoms with E-state index in [1.165, 1.54) is 0 Å². The third kappa shape index (κ3) is 2.51. The Morgan fingerprint density at radius 2 is 1.70 bits per heavy atom. The van der Waals surface area contributed by atoms with Crippen molar-refractivity contribution in [3.63, 3.8) is 0 Å². The summed E-state index contributed by atoms with van der Waals surface area (Å²) in [6.45, 7) is 0. The van der Waals surface area contributed by atoms with E-state index in [-0.39, 0.29) is 0 Å². The summed E-state index contributed by atoms with van der Waals surface area (Å²) in [6.07, 6.45) is 0. The second-order valence-electron chi connectivity index (χ2n) is 4.53. The number of hydrogen-bond acceptors (Lipinski definition) is 3. The third-order valence-corrected chi connectivity index (χ3v) is 4.03. The topological polar surface area (TPSA) is 43.3 Å². The number of nitrogen functional groups attached to an aromatic ring is 1. The number of nitrogens with two attached hydrogens (primary N) is 1. The van der Waals surface area contributed by atoms with Gasteiger partial charge in [-0.1, -0.05) is 30.3 Å². The largest absolute Gasteiger partial charge is 0.399 e. The molecule has 0 aliphatic heterocycles. The molecule has 0 bridgehead atoms. The molecule has 0 unspecified atom stereocenters. The molecule has 20 heavy (non-hydrogen) atoms. The number of benzene rings is 2. The van der Waals surface area contributed by atoms with Crippen LogP contribution in [0, 0.1) is 0 Å². The number of nitrogens with zero attached hydrogens (tertiary/aromatic N) is 2. The Labute approximate surface area is 121 Å². The minimum Gasteiger partial charge on any atom is -0.399 e. The summed E-state index contributed by atoms with van der Waals surface area (Å²) in [5.41, 5.74) is 9.76. The molecule has 0 radical (unpaired) electrons. The van der Waals surface area contributed by atoms with Gasteiger partial charge >= 0.3 is 0 Å². The summed E-state index contributed by atoms with van der Waals surface area (Å²) in [7, 11) is 2.03. The maximum absolute atomic E-state index is 5.73. The van der Waals surface area contributed by atoms with Crippen LogP contribution in [0.4, 0.5) is 11.4 Å². The summed E-state index contributed by atoms with van der Waals surface area (Å²) in [5, 5.41) is 2.12. The molecule has 0 saturated heterocycles. The third-order valence-electron chi connectivity index (χ3n) is 3.11. The summed E-state index contributed by atoms with van der Waals surface area (Å²) >= 11 is 1.64. The quantitative estimate of drug-likeness (QED) is 0.717. The number of aromatic nitrogens is 1. The number of anilines is 1. The van der Waals surface area contributed by atoms with Gasteiger partial charge in [0, 0.05) is 18.1 Å². The van der Waals surface area contributed by atoms with E-state index in [0.29, 0.717) is 0 Å². The van der Waals surface area contributed by atoms with Crippen LogP contribution >= 0.6 is 11.3 Å². The van der Waals surface area contributed by atoms with E-state index in [2.05, 4.69) is 14.9 Å². The number of para-hydroxylation sites is 1. The van der Waals surface area contributed by atoms with E-state index < -0.39 is 0 Å². The van der Waals surface area contributed by atoms with E-state index in [9.17, 15) is 0 Å². The van der Waals surface area contributed by atoms with E-state index in [0.717, 1.165) is 27.4 Å². The molecule has 3 aromatic rings. The van der Waals surface area contributed by atoms with Crippen molar-refractivity contribution in [2.24, 2.45) is 12.0 Å². The fourth-order valence-corrected chi connectivity index (χ4v) is 2.93. The lowest BCUT2D eigenvalue weighted by molar-refractivity contribution is 0.883. The average Bonchev–Trinajstić information content (AvgIpc) is 2.83. The van der Waals surface area contributed by atoms with Gasteiger partial charge in [0.1, 0.15) is 0 Å². The molecule has 2 N–H and O–H groups in total. The fourth-order valence-electron chi connectivity index (χ4n) is 2.00. The molecule has 1 aromatic heterocycles. The van der Waals surface area contributed by atoms with Crippen LogP contribution < -0.4 is 10.5 Å². The van der Waals surface area contributed by atoms with Gasteiger partial charge in [-0.25, -0.2) is 4.99 Å². The van der Waals surface area contributed by atoms with Crippen LogP contribution in [-0.4, -0.2) is 4.57 Å². The first-order valence-electron chi connectivity index (χ1n) is 6.34. The molecule has 0 atom stereocenters. The molecule has 1 heterocycles. The molecule has 3 nitrogen and oxygen atoms in total. The first-order chi connectivity index (χ1) is 9.74. The lowest BCUT2D eigenvalue weighted by atomic mass is 10.1. The Balaban J connectivity index is 2.05. The second-order valence-corrected chi connectivity index (χ2v) is 5.37. The SMILES string of the molecule is Cn1c(-c2ccc(N)cc2)csc1=Nc1ccccc1. The van der Waals surface area contributed by atoms with Gasteiger partial charge in [-0.3, -0.25) is 0 Å². The zero-order valence-corrected chi connectivity index (χ0v) is 12.0. The predicted octanol–water partition coefficient (Wildman–Crippen LogP) is 3.57. The highest BCUT2D eigenvalue weighted by molar-refractivity contribution is 7.07. The van der Waals surface area contributed by atoms with E-state index in [1.54, 1.807) is 11.3 Å². The summed E-state index contributed by atoms with van der Waals surface area (Å²) in [4.78, 5) is 5.64. The smallest absolute Gasteiger partial charge is 0.190 e. The lowest BCUT2D eigenvalue weighted by Gasteiger charge is -2.03. The standard InChI is InChI=1S/C16H15N3S/c1-19-15(12-7-9-13(17)10-8-12)11-20-16(19)18-14-5-3-2-4-6-14/h2-11H,17H2,1H3. The zero-order chi connectivity index (χ0) is 13.9. The molecule has 3 rings (SSSR count). The van der Waals surface area contributed by atoms with Crippen molar-refractivity contribution in [2.45, 2.75) is 0 Å². The van der Waals surface area contributed by atoms with Crippen molar-refractivity contribution in [2.75, 3.05) is 5.73 Å². The summed E-state index contributed by atoms with van der Waals surface area (Å²) in [6, 6.07) is 17.9. The summed E-state index contributed by atoms with van der Waals surface area (Å²) in [5.74, 6) is 0. The minimum atomic E-state index is 0.779. The normalized spacial score (nSPS) is 11.8. The Hall–Kier alpha value is -2.33. The van der Waals surface area contributed by atoms with Crippen LogP contribution in [0.1, 0.15) is 0 Å². The van der Waals surface area contributed by atoms with Crippen LogP contribution in [0.5, 0.6) is 0 Å². The first kappa shape index (κ1) is 12.7. The van der Waals surface area contributed by atoms with Crippen LogP contribution in [0.3, 0.4) is 0 Å². The van der Waals surface area contributed by atoms with Crippen molar-refractivity contribution in [3.8, 4) is 11.3 Å². The highest BCUT2D eigenvalue weighted by Gasteiger charge is 2.04. The van der Waals surface area contributed by atoms with Gasteiger partial charge in [-0.15, -0.1) is 11.3 Å². The molecule has 0 saturated carbocycles. The first-order valence-corrected chi connectivity index (χ1v) is 7.22. The van der Waals surface area contributed by atoms with E-state index >= 15 is 0 Å². The van der Waals surface area contributed by atoms with Crippen molar-refractivity contribution in [3.05, 3.63) is 64.8 Å². The molecule has 4 heteroatoms. The van der Waals surface area contributed by atoms with Gasteiger partial charge in [0.2, 0.25) is 0 Å². The Morgan fingerprint density at radius 1 is 1.00 bits per heavy atom. The number of rotatable bonds is 2. The molecule has 2 aromatic carbocycles. The zero-order valence-electron chi connectivity index (χ0n) is 11.2. The number of thiazole rings is 1. The monoisotopic (exact) mass is 281 g/mol. The molecule has 100 valence electrons. The van der Waals surface area contributed by atoms with Crippen molar-refractivity contribution in [1.82, 2.24) is 4.57 Å². The van der Waals surface area contributed by atoms with Crippen molar-refractivity contribution >= 4 is 22.7 Å². The van der Waals surface area contributed by atoms with Gasteiger partial charge in [-0.2, -0.15) is 0 Å². The molecule has 0 aliphatic carbocycles.